The van der Waals surface area contributed by atoms with Crippen LogP contribution in [0, 0.1) is 0 Å². The molecule has 1 atom stereocenters. The Labute approximate surface area is 143 Å². The molecule has 1 aromatic rings. The molecular formula is C19H27NO4. The summed E-state index contributed by atoms with van der Waals surface area (Å²) in [6.07, 6.45) is 3.67. The van der Waals surface area contributed by atoms with Crippen LogP contribution >= 0.6 is 0 Å². The Balaban J connectivity index is 1.83. The molecule has 1 amide bonds. The summed E-state index contributed by atoms with van der Waals surface area (Å²) in [6.45, 7) is 6.06. The first-order valence-corrected chi connectivity index (χ1v) is 8.67. The van der Waals surface area contributed by atoms with E-state index in [4.69, 9.17) is 9.47 Å². The van der Waals surface area contributed by atoms with Gasteiger partial charge in [-0.2, -0.15) is 0 Å². The first-order chi connectivity index (χ1) is 11.5. The largest absolute Gasteiger partial charge is 0.449 e. The van der Waals surface area contributed by atoms with E-state index in [-0.39, 0.29) is 18.1 Å². The van der Waals surface area contributed by atoms with Crippen LogP contribution in [-0.4, -0.2) is 30.1 Å². The van der Waals surface area contributed by atoms with E-state index >= 15 is 0 Å². The highest BCUT2D eigenvalue weighted by Crippen LogP contribution is 2.18. The summed E-state index contributed by atoms with van der Waals surface area (Å²) < 4.78 is 10.8. The summed E-state index contributed by atoms with van der Waals surface area (Å²) in [6, 6.07) is 7.29. The van der Waals surface area contributed by atoms with Crippen LogP contribution in [-0.2, 0) is 20.9 Å². The van der Waals surface area contributed by atoms with Crippen molar-refractivity contribution in [1.29, 1.82) is 0 Å². The summed E-state index contributed by atoms with van der Waals surface area (Å²) in [5, 5.41) is 2.94. The lowest BCUT2D eigenvalue weighted by Crippen LogP contribution is -2.40. The van der Waals surface area contributed by atoms with Crippen LogP contribution in [0.1, 0.15) is 62.4 Å². The molecule has 0 radical (unpaired) electrons. The van der Waals surface area contributed by atoms with Crippen molar-refractivity contribution in [3.05, 3.63) is 35.4 Å². The van der Waals surface area contributed by atoms with Gasteiger partial charge in [0, 0.05) is 6.04 Å². The minimum atomic E-state index is -0.790. The zero-order valence-electron chi connectivity index (χ0n) is 14.7. The van der Waals surface area contributed by atoms with Gasteiger partial charge in [0.05, 0.1) is 18.3 Å². The van der Waals surface area contributed by atoms with E-state index in [9.17, 15) is 9.59 Å². The monoisotopic (exact) mass is 333 g/mol. The van der Waals surface area contributed by atoms with E-state index in [1.165, 1.54) is 0 Å². The molecule has 0 spiro atoms. The van der Waals surface area contributed by atoms with Crippen LogP contribution < -0.4 is 5.32 Å². The SMILES string of the molecule is CC(C)OCc1ccc(C(=O)O[C@H](C)C(=O)NC2CCCC2)cc1. The summed E-state index contributed by atoms with van der Waals surface area (Å²) in [7, 11) is 0. The van der Waals surface area contributed by atoms with Crippen LogP contribution in [0.5, 0.6) is 0 Å². The van der Waals surface area contributed by atoms with Crippen molar-refractivity contribution in [2.45, 2.75) is 71.3 Å². The van der Waals surface area contributed by atoms with Gasteiger partial charge < -0.3 is 14.8 Å². The molecule has 1 N–H and O–H groups in total. The van der Waals surface area contributed by atoms with E-state index in [0.717, 1.165) is 31.2 Å². The zero-order chi connectivity index (χ0) is 17.5. The number of ether oxygens (including phenoxy) is 2. The standard InChI is InChI=1S/C19H27NO4/c1-13(2)23-12-15-8-10-16(11-9-15)19(22)24-14(3)18(21)20-17-6-4-5-7-17/h8-11,13-14,17H,4-7,12H2,1-3H3,(H,20,21)/t14-/m1/s1. The number of rotatable bonds is 7. The average Bonchev–Trinajstić information content (AvgIpc) is 3.06. The predicted molar refractivity (Wildman–Crippen MR) is 91.6 cm³/mol. The fourth-order valence-electron chi connectivity index (χ4n) is 2.67. The van der Waals surface area contributed by atoms with Gasteiger partial charge in [-0.1, -0.05) is 25.0 Å². The fraction of sp³-hybridized carbons (Fsp3) is 0.579. The van der Waals surface area contributed by atoms with Crippen molar-refractivity contribution in [1.82, 2.24) is 5.32 Å². The quantitative estimate of drug-likeness (QED) is 0.778. The van der Waals surface area contributed by atoms with Crippen molar-refractivity contribution in [2.75, 3.05) is 0 Å². The summed E-state index contributed by atoms with van der Waals surface area (Å²) >= 11 is 0. The van der Waals surface area contributed by atoms with Crippen molar-refractivity contribution in [3.63, 3.8) is 0 Å². The predicted octanol–water partition coefficient (Wildman–Crippen LogP) is 3.22. The summed E-state index contributed by atoms with van der Waals surface area (Å²) in [5.41, 5.74) is 1.43. The van der Waals surface area contributed by atoms with Crippen molar-refractivity contribution < 1.29 is 19.1 Å². The van der Waals surface area contributed by atoms with Gasteiger partial charge >= 0.3 is 5.97 Å². The minimum absolute atomic E-state index is 0.161. The smallest absolute Gasteiger partial charge is 0.338 e. The molecule has 1 aromatic carbocycles. The summed E-state index contributed by atoms with van der Waals surface area (Å²) in [5.74, 6) is -0.711. The van der Waals surface area contributed by atoms with Gasteiger partial charge in [0.2, 0.25) is 0 Å². The number of carbonyl (C=O) groups excluding carboxylic acids is 2. The number of nitrogens with one attached hydrogen (secondary N) is 1. The molecule has 1 saturated carbocycles. The van der Waals surface area contributed by atoms with Gasteiger partial charge in [0.25, 0.3) is 5.91 Å². The van der Waals surface area contributed by atoms with E-state index in [1.54, 1.807) is 19.1 Å². The fourth-order valence-corrected chi connectivity index (χ4v) is 2.67. The van der Waals surface area contributed by atoms with Gasteiger partial charge in [-0.25, -0.2) is 4.79 Å². The zero-order valence-corrected chi connectivity index (χ0v) is 14.7. The molecule has 0 unspecified atom stereocenters. The molecule has 1 aliphatic rings. The molecule has 0 bridgehead atoms. The molecule has 0 heterocycles. The Hall–Kier alpha value is -1.88. The number of amides is 1. The van der Waals surface area contributed by atoms with Gasteiger partial charge in [-0.05, 0) is 51.3 Å². The number of benzene rings is 1. The van der Waals surface area contributed by atoms with Gasteiger partial charge in [0.1, 0.15) is 0 Å². The molecule has 0 saturated heterocycles. The number of esters is 1. The molecule has 5 heteroatoms. The Morgan fingerprint density at radius 1 is 1.12 bits per heavy atom. The van der Waals surface area contributed by atoms with Gasteiger partial charge in [-0.3, -0.25) is 4.79 Å². The third-order valence-corrected chi connectivity index (χ3v) is 4.13. The molecular weight excluding hydrogens is 306 g/mol. The normalized spacial score (nSPS) is 16.2. The lowest BCUT2D eigenvalue weighted by Gasteiger charge is -2.17. The van der Waals surface area contributed by atoms with Crippen LogP contribution in [0.15, 0.2) is 24.3 Å². The third-order valence-electron chi connectivity index (χ3n) is 4.13. The third kappa shape index (κ3) is 5.64. The second kappa shape index (κ2) is 8.83. The Kier molecular flexibility index (Phi) is 6.79. The number of hydrogen-bond donors (Lipinski definition) is 1. The molecule has 2 rings (SSSR count). The second-order valence-electron chi connectivity index (χ2n) is 6.59. The molecule has 1 aliphatic carbocycles. The second-order valence-corrected chi connectivity index (χ2v) is 6.59. The number of carbonyl (C=O) groups is 2. The Morgan fingerprint density at radius 2 is 1.75 bits per heavy atom. The Morgan fingerprint density at radius 3 is 2.33 bits per heavy atom. The van der Waals surface area contributed by atoms with E-state index in [2.05, 4.69) is 5.32 Å². The van der Waals surface area contributed by atoms with Crippen LogP contribution in [0.4, 0.5) is 0 Å². The highest BCUT2D eigenvalue weighted by atomic mass is 16.5. The first kappa shape index (κ1) is 18.5. The molecule has 24 heavy (non-hydrogen) atoms. The molecule has 132 valence electrons. The molecule has 1 fully saturated rings. The Bertz CT molecular complexity index is 547. The summed E-state index contributed by atoms with van der Waals surface area (Å²) in [4.78, 5) is 24.2. The van der Waals surface area contributed by atoms with E-state index in [1.807, 2.05) is 26.0 Å². The molecule has 0 aromatic heterocycles. The van der Waals surface area contributed by atoms with Crippen LogP contribution in [0.3, 0.4) is 0 Å². The maximum Gasteiger partial charge on any atom is 0.338 e. The van der Waals surface area contributed by atoms with Crippen LogP contribution in [0.25, 0.3) is 0 Å². The average molecular weight is 333 g/mol. The lowest BCUT2D eigenvalue weighted by atomic mass is 10.1. The topological polar surface area (TPSA) is 64.6 Å². The van der Waals surface area contributed by atoms with E-state index < -0.39 is 12.1 Å². The highest BCUT2D eigenvalue weighted by Gasteiger charge is 2.23. The van der Waals surface area contributed by atoms with Gasteiger partial charge in [-0.15, -0.1) is 0 Å². The molecule has 5 nitrogen and oxygen atoms in total. The van der Waals surface area contributed by atoms with E-state index in [0.29, 0.717) is 12.2 Å². The first-order valence-electron chi connectivity index (χ1n) is 8.67. The van der Waals surface area contributed by atoms with Crippen LogP contribution in [0.2, 0.25) is 0 Å². The minimum Gasteiger partial charge on any atom is -0.449 e. The van der Waals surface area contributed by atoms with Crippen molar-refractivity contribution in [3.8, 4) is 0 Å². The maximum absolute atomic E-state index is 12.1. The lowest BCUT2D eigenvalue weighted by molar-refractivity contribution is -0.129. The highest BCUT2D eigenvalue weighted by molar-refractivity contribution is 5.92. The van der Waals surface area contributed by atoms with Gasteiger partial charge in [0.15, 0.2) is 6.10 Å². The number of hydrogen-bond acceptors (Lipinski definition) is 4. The maximum atomic E-state index is 12.1. The van der Waals surface area contributed by atoms with Crippen molar-refractivity contribution >= 4 is 11.9 Å². The molecule has 0 aliphatic heterocycles. The van der Waals surface area contributed by atoms with Crippen molar-refractivity contribution in [2.24, 2.45) is 0 Å².